The lowest BCUT2D eigenvalue weighted by Gasteiger charge is -2.20. The largest absolute Gasteiger partial charge is 0.456 e. The van der Waals surface area contributed by atoms with Crippen LogP contribution >= 0.6 is 0 Å². The Morgan fingerprint density at radius 1 is 0.377 bits per heavy atom. The number of para-hydroxylation sites is 1. The molecule has 8 aromatic carbocycles. The predicted molar refractivity (Wildman–Crippen MR) is 270 cm³/mol. The highest BCUT2D eigenvalue weighted by atomic mass is 16.3. The summed E-state index contributed by atoms with van der Waals surface area (Å²) in [5.41, 5.74) is 19.1. The number of nitrogens with zero attached hydrogens (tertiary/aromatic N) is 4. The Morgan fingerprint density at radius 2 is 0.984 bits per heavy atom. The molecule has 0 bridgehead atoms. The van der Waals surface area contributed by atoms with Gasteiger partial charge in [0.25, 0.3) is 0 Å². The molecule has 0 unspecified atom stereocenters. The first kappa shape index (κ1) is 36.8. The van der Waals surface area contributed by atoms with Crippen molar-refractivity contribution in [2.45, 2.75) is 0 Å². The summed E-state index contributed by atoms with van der Waals surface area (Å²) in [6, 6.07) is 57.5. The van der Waals surface area contributed by atoms with Gasteiger partial charge in [0.2, 0.25) is 0 Å². The summed E-state index contributed by atoms with van der Waals surface area (Å²) < 4.78 is 9.06. The fourth-order valence-electron chi connectivity index (χ4n) is 9.29. The smallest absolute Gasteiger partial charge is 0.164 e. The first-order valence-corrected chi connectivity index (χ1v) is 20.9. The van der Waals surface area contributed by atoms with Crippen molar-refractivity contribution in [3.05, 3.63) is 164 Å². The molecule has 61 heavy (non-hydrogen) atoms. The molecule has 0 atom stereocenters. The van der Waals surface area contributed by atoms with E-state index in [1.165, 1.54) is 54.8 Å². The molecule has 11 rings (SSSR count). The molecule has 0 amide bonds. The van der Waals surface area contributed by atoms with E-state index in [2.05, 4.69) is 177 Å². The summed E-state index contributed by atoms with van der Waals surface area (Å²) in [5, 5.41) is 4.40. The Balaban J connectivity index is 1.07. The lowest BCUT2D eigenvalue weighted by molar-refractivity contribution is 0.668. The van der Waals surface area contributed by atoms with Crippen LogP contribution in [0.1, 0.15) is 0 Å². The first-order valence-electron chi connectivity index (χ1n) is 20.9. The number of fused-ring (bicyclic) bond motifs is 6. The highest BCUT2D eigenvalue weighted by Crippen LogP contribution is 2.40. The molecule has 10 heteroatoms. The standard InChI is InChI=1S/C51H37B5N4O/c52-44-42(45(53)47(55)48(56)46(44)54)31-15-9-16-32(25-31)50-57-49(29-13-5-2-6-14-29)58-51(59-50)36-18-10-20-40-43(36)35-23-22-33(27-41(35)61-40)60-38-19-8-7-17-34(38)37-26-30(21-24-39(37)60)28-11-3-1-4-12-28/h1-27H,52-56H2. The number of aromatic nitrogens is 4. The normalized spacial score (nSPS) is 11.6. The second kappa shape index (κ2) is 14.5. The van der Waals surface area contributed by atoms with Crippen LogP contribution in [0.4, 0.5) is 0 Å². The molecule has 0 N–H and O–H groups in total. The summed E-state index contributed by atoms with van der Waals surface area (Å²) in [4.78, 5) is 15.5. The Bertz CT molecular complexity index is 3520. The number of hydrogen-bond donors (Lipinski definition) is 0. The zero-order valence-corrected chi connectivity index (χ0v) is 34.8. The Labute approximate surface area is 358 Å². The van der Waals surface area contributed by atoms with Crippen molar-refractivity contribution in [3.63, 3.8) is 0 Å². The molecule has 0 spiro atoms. The Hall–Kier alpha value is -7.31. The number of rotatable bonds is 6. The van der Waals surface area contributed by atoms with Crippen LogP contribution in [0.5, 0.6) is 0 Å². The van der Waals surface area contributed by atoms with Crippen molar-refractivity contribution in [1.29, 1.82) is 0 Å². The van der Waals surface area contributed by atoms with E-state index in [9.17, 15) is 0 Å². The molecule has 282 valence electrons. The monoisotopic (exact) mass is 776 g/mol. The third-order valence-corrected chi connectivity index (χ3v) is 12.8. The first-order chi connectivity index (χ1) is 29.8. The fraction of sp³-hybridized carbons (Fsp3) is 0. The molecule has 0 aliphatic rings. The fourth-order valence-corrected chi connectivity index (χ4v) is 9.29. The van der Waals surface area contributed by atoms with Crippen LogP contribution in [-0.2, 0) is 0 Å². The van der Waals surface area contributed by atoms with Gasteiger partial charge < -0.3 is 8.98 Å². The minimum atomic E-state index is 0.595. The van der Waals surface area contributed by atoms with E-state index in [-0.39, 0.29) is 0 Å². The highest BCUT2D eigenvalue weighted by Gasteiger charge is 2.21. The Morgan fingerprint density at radius 3 is 1.75 bits per heavy atom. The molecule has 3 heterocycles. The van der Waals surface area contributed by atoms with Crippen LogP contribution < -0.4 is 27.3 Å². The van der Waals surface area contributed by atoms with Gasteiger partial charge in [-0.15, -0.1) is 16.4 Å². The average molecular weight is 776 g/mol. The van der Waals surface area contributed by atoms with Crippen molar-refractivity contribution in [2.24, 2.45) is 0 Å². The molecule has 11 aromatic rings. The molecule has 0 radical (unpaired) electrons. The number of furan rings is 1. The second-order valence-corrected chi connectivity index (χ2v) is 16.2. The number of hydrogen-bond acceptors (Lipinski definition) is 4. The van der Waals surface area contributed by atoms with Gasteiger partial charge in [-0.25, -0.2) is 15.0 Å². The summed E-state index contributed by atoms with van der Waals surface area (Å²) >= 11 is 0. The van der Waals surface area contributed by atoms with Crippen LogP contribution in [0.2, 0.25) is 0 Å². The quantitative estimate of drug-likeness (QED) is 0.234. The summed E-state index contributed by atoms with van der Waals surface area (Å²) in [5.74, 6) is 1.84. The molecule has 0 saturated carbocycles. The van der Waals surface area contributed by atoms with Crippen molar-refractivity contribution in [1.82, 2.24) is 19.5 Å². The van der Waals surface area contributed by atoms with Crippen LogP contribution in [-0.4, -0.2) is 58.8 Å². The van der Waals surface area contributed by atoms with Gasteiger partial charge in [0.05, 0.1) is 11.0 Å². The van der Waals surface area contributed by atoms with Gasteiger partial charge in [0.15, 0.2) is 17.5 Å². The van der Waals surface area contributed by atoms with E-state index in [1.54, 1.807) is 0 Å². The van der Waals surface area contributed by atoms with Crippen molar-refractivity contribution < 1.29 is 4.42 Å². The van der Waals surface area contributed by atoms with Crippen LogP contribution in [0, 0.1) is 0 Å². The predicted octanol–water partition coefficient (Wildman–Crippen LogP) is 4.50. The molecule has 5 nitrogen and oxygen atoms in total. The molecule has 0 saturated heterocycles. The third-order valence-electron chi connectivity index (χ3n) is 12.8. The SMILES string of the molecule is Bc1c(B)c(B)c(-c2cccc(-c3nc(-c4ccccc4)nc(-c4cccc5oc6cc(-n7c8ccccc8c8cc(-c9ccccc9)ccc87)ccc6c45)n3)c2)c(B)c1B. The van der Waals surface area contributed by atoms with Crippen LogP contribution in [0.25, 0.3) is 106 Å². The van der Waals surface area contributed by atoms with E-state index in [0.717, 1.165) is 60.9 Å². The zero-order valence-electron chi connectivity index (χ0n) is 34.8. The maximum Gasteiger partial charge on any atom is 0.164 e. The number of benzene rings is 8. The molecule has 0 aliphatic heterocycles. The van der Waals surface area contributed by atoms with Crippen molar-refractivity contribution in [2.75, 3.05) is 0 Å². The van der Waals surface area contributed by atoms with Crippen molar-refractivity contribution >= 4 is 110 Å². The average Bonchev–Trinajstić information content (AvgIpc) is 3.86. The lowest BCUT2D eigenvalue weighted by atomic mass is 9.59. The minimum absolute atomic E-state index is 0.595. The van der Waals surface area contributed by atoms with Gasteiger partial charge in [-0.3, -0.25) is 0 Å². The Kier molecular flexibility index (Phi) is 8.71. The van der Waals surface area contributed by atoms with Gasteiger partial charge >= 0.3 is 0 Å². The molecule has 0 fully saturated rings. The minimum Gasteiger partial charge on any atom is -0.456 e. The van der Waals surface area contributed by atoms with E-state index < -0.39 is 0 Å². The van der Waals surface area contributed by atoms with E-state index >= 15 is 0 Å². The van der Waals surface area contributed by atoms with Crippen LogP contribution in [0.3, 0.4) is 0 Å². The molecular formula is C51H37B5N4O. The topological polar surface area (TPSA) is 56.7 Å². The molecule has 0 aliphatic carbocycles. The van der Waals surface area contributed by atoms with Crippen LogP contribution in [0.15, 0.2) is 168 Å². The van der Waals surface area contributed by atoms with E-state index in [4.69, 9.17) is 19.4 Å². The molecular weight excluding hydrogens is 739 g/mol. The van der Waals surface area contributed by atoms with E-state index in [0.29, 0.717) is 17.5 Å². The maximum atomic E-state index is 6.71. The van der Waals surface area contributed by atoms with E-state index in [1.807, 2.05) is 30.3 Å². The van der Waals surface area contributed by atoms with Gasteiger partial charge in [0, 0.05) is 50.0 Å². The van der Waals surface area contributed by atoms with Crippen molar-refractivity contribution in [3.8, 4) is 62.1 Å². The highest BCUT2D eigenvalue weighted by molar-refractivity contribution is 6.68. The third kappa shape index (κ3) is 6.04. The zero-order chi connectivity index (χ0) is 41.4. The molecule has 3 aromatic heterocycles. The van der Waals surface area contributed by atoms with Gasteiger partial charge in [-0.2, -0.15) is 0 Å². The van der Waals surface area contributed by atoms with Gasteiger partial charge in [-0.1, -0.05) is 126 Å². The van der Waals surface area contributed by atoms with Gasteiger partial charge in [0.1, 0.15) is 50.4 Å². The maximum absolute atomic E-state index is 6.71. The second-order valence-electron chi connectivity index (χ2n) is 16.2. The summed E-state index contributed by atoms with van der Waals surface area (Å²) in [7, 11) is 11.1. The van der Waals surface area contributed by atoms with Gasteiger partial charge in [-0.05, 0) is 64.7 Å². The summed E-state index contributed by atoms with van der Waals surface area (Å²) in [6.07, 6.45) is 0. The summed E-state index contributed by atoms with van der Waals surface area (Å²) in [6.45, 7) is 0. The lowest BCUT2D eigenvalue weighted by Crippen LogP contribution is -2.55.